The van der Waals surface area contributed by atoms with Gasteiger partial charge in [-0.25, -0.2) is 9.98 Å². The Bertz CT molecular complexity index is 1050. The smallest absolute Gasteiger partial charge is 0.266 e. The van der Waals surface area contributed by atoms with Crippen LogP contribution in [0, 0.1) is 6.92 Å². The molecule has 2 heterocycles. The minimum absolute atomic E-state index is 0.00787. The highest BCUT2D eigenvalue weighted by molar-refractivity contribution is 9.10. The fourth-order valence-electron chi connectivity index (χ4n) is 3.13. The third-order valence-corrected chi connectivity index (χ3v) is 6.23. The number of thiophene rings is 1. The number of nitrogens with zero attached hydrogens (tertiary/aromatic N) is 4. The lowest BCUT2D eigenvalue weighted by atomic mass is 10.1. The zero-order valence-electron chi connectivity index (χ0n) is 17.4. The quantitative estimate of drug-likeness (QED) is 0.339. The summed E-state index contributed by atoms with van der Waals surface area (Å²) < 4.78 is 1.03. The number of carbonyl (C=O) groups is 1. The van der Waals surface area contributed by atoms with Crippen molar-refractivity contribution in [2.75, 3.05) is 27.2 Å². The average Bonchev–Trinajstić information content (AvgIpc) is 3.06. The number of halogens is 1. The Hall–Kier alpha value is -2.25. The van der Waals surface area contributed by atoms with Crippen molar-refractivity contribution < 1.29 is 4.79 Å². The van der Waals surface area contributed by atoms with Crippen LogP contribution in [0.25, 0.3) is 21.5 Å². The van der Waals surface area contributed by atoms with Gasteiger partial charge in [-0.2, -0.15) is 0 Å². The molecule has 0 N–H and O–H groups in total. The van der Waals surface area contributed by atoms with Gasteiger partial charge < -0.3 is 9.80 Å². The molecule has 0 spiro atoms. The van der Waals surface area contributed by atoms with E-state index < -0.39 is 0 Å². The number of hydrogen-bond donors (Lipinski definition) is 0. The molecule has 152 valence electrons. The maximum absolute atomic E-state index is 13.2. The van der Waals surface area contributed by atoms with Gasteiger partial charge >= 0.3 is 0 Å². The summed E-state index contributed by atoms with van der Waals surface area (Å²) in [6.45, 7) is 7.37. The lowest BCUT2D eigenvalue weighted by Gasteiger charge is -2.17. The summed E-state index contributed by atoms with van der Waals surface area (Å²) in [5.41, 5.74) is 3.71. The minimum atomic E-state index is 0.00787. The molecule has 1 aromatic carbocycles. The van der Waals surface area contributed by atoms with Gasteiger partial charge in [0.2, 0.25) is 0 Å². The Balaban J connectivity index is 2.21. The molecule has 0 bridgehead atoms. The summed E-state index contributed by atoms with van der Waals surface area (Å²) >= 11 is 4.90. The van der Waals surface area contributed by atoms with Crippen LogP contribution in [0.5, 0.6) is 0 Å². The summed E-state index contributed by atoms with van der Waals surface area (Å²) in [5, 5.41) is 0.949. The van der Waals surface area contributed by atoms with Crippen LogP contribution in [0.15, 0.2) is 39.8 Å². The van der Waals surface area contributed by atoms with Crippen molar-refractivity contribution in [2.24, 2.45) is 4.99 Å². The van der Waals surface area contributed by atoms with Gasteiger partial charge in [0.05, 0.1) is 17.7 Å². The molecule has 3 aromatic rings. The number of pyridine rings is 1. The normalized spacial score (nSPS) is 11.4. The summed E-state index contributed by atoms with van der Waals surface area (Å²) in [6, 6.07) is 10.2. The molecule has 0 unspecified atom stereocenters. The van der Waals surface area contributed by atoms with Crippen molar-refractivity contribution >= 4 is 55.4 Å². The van der Waals surface area contributed by atoms with E-state index in [1.165, 1.54) is 11.3 Å². The molecule has 0 aliphatic heterocycles. The molecule has 0 aliphatic carbocycles. The fraction of sp³-hybridized carbons (Fsp3) is 0.318. The number of aliphatic imine (C=N–C) groups is 1. The SMILES string of the molecule is CCN(CC)C(=O)c1sc2nc(-c3ccc(Br)cc3)cc(C)c2c1N=CN(C)C. The minimum Gasteiger partial charge on any atom is -0.369 e. The van der Waals surface area contributed by atoms with Crippen LogP contribution < -0.4 is 0 Å². The summed E-state index contributed by atoms with van der Waals surface area (Å²) in [6.07, 6.45) is 1.74. The number of fused-ring (bicyclic) bond motifs is 1. The Morgan fingerprint density at radius 1 is 1.21 bits per heavy atom. The Labute approximate surface area is 184 Å². The molecular formula is C22H25BrN4OS. The van der Waals surface area contributed by atoms with Crippen molar-refractivity contribution in [1.29, 1.82) is 0 Å². The first-order valence-electron chi connectivity index (χ1n) is 9.55. The number of aromatic nitrogens is 1. The molecule has 0 fully saturated rings. The van der Waals surface area contributed by atoms with Crippen LogP contribution in [0.4, 0.5) is 5.69 Å². The number of carbonyl (C=O) groups excluding carboxylic acids is 1. The van der Waals surface area contributed by atoms with Gasteiger partial charge in [0.15, 0.2) is 0 Å². The van der Waals surface area contributed by atoms with E-state index in [0.29, 0.717) is 23.7 Å². The average molecular weight is 473 g/mol. The van der Waals surface area contributed by atoms with E-state index in [1.54, 1.807) is 6.34 Å². The molecular weight excluding hydrogens is 448 g/mol. The van der Waals surface area contributed by atoms with Gasteiger partial charge in [0.1, 0.15) is 9.71 Å². The van der Waals surface area contributed by atoms with Gasteiger partial charge in [-0.05, 0) is 44.5 Å². The maximum atomic E-state index is 13.2. The first-order chi connectivity index (χ1) is 13.8. The van der Waals surface area contributed by atoms with Gasteiger partial charge in [0.25, 0.3) is 5.91 Å². The highest BCUT2D eigenvalue weighted by Crippen LogP contribution is 2.41. The predicted molar refractivity (Wildman–Crippen MR) is 127 cm³/mol. The van der Waals surface area contributed by atoms with Gasteiger partial charge in [0, 0.05) is 42.6 Å². The lowest BCUT2D eigenvalue weighted by molar-refractivity contribution is 0.0778. The van der Waals surface area contributed by atoms with Crippen LogP contribution in [0.2, 0.25) is 0 Å². The Morgan fingerprint density at radius 3 is 2.45 bits per heavy atom. The zero-order valence-corrected chi connectivity index (χ0v) is 19.8. The van der Waals surface area contributed by atoms with E-state index in [9.17, 15) is 4.79 Å². The number of benzene rings is 1. The summed E-state index contributed by atoms with van der Waals surface area (Å²) in [7, 11) is 3.83. The zero-order chi connectivity index (χ0) is 21.1. The van der Waals surface area contributed by atoms with Gasteiger partial charge in [-0.1, -0.05) is 28.1 Å². The largest absolute Gasteiger partial charge is 0.369 e. The van der Waals surface area contributed by atoms with Gasteiger partial charge in [-0.3, -0.25) is 4.79 Å². The highest BCUT2D eigenvalue weighted by Gasteiger charge is 2.24. The van der Waals surface area contributed by atoms with Crippen molar-refractivity contribution in [1.82, 2.24) is 14.8 Å². The third kappa shape index (κ3) is 4.51. The van der Waals surface area contributed by atoms with Crippen LogP contribution in [0.3, 0.4) is 0 Å². The Morgan fingerprint density at radius 2 is 1.86 bits per heavy atom. The Kier molecular flexibility index (Phi) is 6.70. The monoisotopic (exact) mass is 472 g/mol. The molecule has 5 nitrogen and oxygen atoms in total. The van der Waals surface area contributed by atoms with Crippen molar-refractivity contribution in [3.05, 3.63) is 45.2 Å². The molecule has 0 atom stereocenters. The van der Waals surface area contributed by atoms with Crippen molar-refractivity contribution in [2.45, 2.75) is 20.8 Å². The molecule has 0 saturated heterocycles. The third-order valence-electron chi connectivity index (χ3n) is 4.64. The summed E-state index contributed by atoms with van der Waals surface area (Å²) in [5.74, 6) is 0.00787. The first kappa shape index (κ1) is 21.5. The maximum Gasteiger partial charge on any atom is 0.266 e. The van der Waals surface area contributed by atoms with E-state index in [2.05, 4.69) is 33.9 Å². The van der Waals surface area contributed by atoms with E-state index in [-0.39, 0.29) is 5.91 Å². The first-order valence-corrected chi connectivity index (χ1v) is 11.2. The number of amides is 1. The van der Waals surface area contributed by atoms with Crippen molar-refractivity contribution in [3.63, 3.8) is 0 Å². The number of hydrogen-bond acceptors (Lipinski definition) is 4. The van der Waals surface area contributed by atoms with E-state index in [0.717, 1.165) is 31.5 Å². The van der Waals surface area contributed by atoms with Crippen LogP contribution in [-0.2, 0) is 0 Å². The van der Waals surface area contributed by atoms with Crippen molar-refractivity contribution in [3.8, 4) is 11.3 Å². The fourth-order valence-corrected chi connectivity index (χ4v) is 4.56. The topological polar surface area (TPSA) is 48.8 Å². The molecule has 3 rings (SSSR count). The highest BCUT2D eigenvalue weighted by atomic mass is 79.9. The predicted octanol–water partition coefficient (Wildman–Crippen LogP) is 5.74. The standard InChI is InChI=1S/C22H25BrN4OS/c1-6-27(7-2)22(28)20-19(24-13-26(4)5)18-14(3)12-17(25-21(18)29-20)15-8-10-16(23)11-9-15/h8-13H,6-7H2,1-5H3. The van der Waals surface area contributed by atoms with Gasteiger partial charge in [-0.15, -0.1) is 11.3 Å². The second kappa shape index (κ2) is 9.05. The molecule has 1 amide bonds. The lowest BCUT2D eigenvalue weighted by Crippen LogP contribution is -2.29. The van der Waals surface area contributed by atoms with Crippen LogP contribution >= 0.6 is 27.3 Å². The molecule has 7 heteroatoms. The molecule has 0 radical (unpaired) electrons. The number of aryl methyl sites for hydroxylation is 1. The second-order valence-electron chi connectivity index (χ2n) is 6.98. The van der Waals surface area contributed by atoms with E-state index in [4.69, 9.17) is 4.98 Å². The van der Waals surface area contributed by atoms with E-state index >= 15 is 0 Å². The second-order valence-corrected chi connectivity index (χ2v) is 8.89. The molecule has 2 aromatic heterocycles. The molecule has 29 heavy (non-hydrogen) atoms. The molecule has 0 saturated carbocycles. The molecule has 0 aliphatic rings. The van der Waals surface area contributed by atoms with Crippen LogP contribution in [-0.4, -0.2) is 54.2 Å². The van der Waals surface area contributed by atoms with Crippen LogP contribution in [0.1, 0.15) is 29.1 Å². The number of rotatable bonds is 6. The van der Waals surface area contributed by atoms with E-state index in [1.807, 2.05) is 62.0 Å². The summed E-state index contributed by atoms with van der Waals surface area (Å²) in [4.78, 5) is 27.9.